The standard InChI is InChI=1S/C11H15BrN2O/c1-2-3-4-11(15)14-10-6-5-8(12)7-9(10)13/h5-7H,2-4,13H2,1H3,(H,14,15). The number of carbonyl (C=O) groups excluding carboxylic acids is 1. The normalized spacial score (nSPS) is 10.0. The molecule has 0 radical (unpaired) electrons. The second kappa shape index (κ2) is 5.75. The molecule has 0 heterocycles. The summed E-state index contributed by atoms with van der Waals surface area (Å²) in [6.45, 7) is 2.06. The summed E-state index contributed by atoms with van der Waals surface area (Å²) in [5.41, 5.74) is 7.01. The van der Waals surface area contributed by atoms with E-state index in [2.05, 4.69) is 28.2 Å². The molecule has 0 unspecified atom stereocenters. The Kier molecular flexibility index (Phi) is 4.62. The third kappa shape index (κ3) is 3.91. The number of hydrogen-bond acceptors (Lipinski definition) is 2. The minimum atomic E-state index is 0.0193. The summed E-state index contributed by atoms with van der Waals surface area (Å²) in [5, 5.41) is 2.79. The molecule has 15 heavy (non-hydrogen) atoms. The van der Waals surface area contributed by atoms with Crippen LogP contribution in [0.1, 0.15) is 26.2 Å². The van der Waals surface area contributed by atoms with Gasteiger partial charge in [0.25, 0.3) is 0 Å². The van der Waals surface area contributed by atoms with Crippen molar-refractivity contribution in [2.75, 3.05) is 11.1 Å². The minimum absolute atomic E-state index is 0.0193. The van der Waals surface area contributed by atoms with E-state index in [1.807, 2.05) is 6.07 Å². The summed E-state index contributed by atoms with van der Waals surface area (Å²) in [4.78, 5) is 11.4. The highest BCUT2D eigenvalue weighted by Crippen LogP contribution is 2.23. The van der Waals surface area contributed by atoms with Gasteiger partial charge in [-0.05, 0) is 24.6 Å². The number of nitrogens with two attached hydrogens (primary N) is 1. The molecule has 1 aromatic rings. The van der Waals surface area contributed by atoms with Crippen LogP contribution in [0.2, 0.25) is 0 Å². The summed E-state index contributed by atoms with van der Waals surface area (Å²) < 4.78 is 0.909. The first-order chi connectivity index (χ1) is 7.13. The topological polar surface area (TPSA) is 55.1 Å². The quantitative estimate of drug-likeness (QED) is 0.826. The molecule has 82 valence electrons. The Hall–Kier alpha value is -1.03. The molecule has 1 amide bonds. The number of hydrogen-bond donors (Lipinski definition) is 2. The van der Waals surface area contributed by atoms with Crippen LogP contribution in [0.25, 0.3) is 0 Å². The molecule has 0 bridgehead atoms. The molecule has 0 saturated carbocycles. The Morgan fingerprint density at radius 3 is 2.87 bits per heavy atom. The molecule has 0 atom stereocenters. The lowest BCUT2D eigenvalue weighted by Crippen LogP contribution is -2.12. The van der Waals surface area contributed by atoms with Crippen molar-refractivity contribution in [3.8, 4) is 0 Å². The number of carbonyl (C=O) groups is 1. The molecular weight excluding hydrogens is 256 g/mol. The van der Waals surface area contributed by atoms with Gasteiger partial charge in [-0.15, -0.1) is 0 Å². The van der Waals surface area contributed by atoms with E-state index in [9.17, 15) is 4.79 Å². The first kappa shape index (κ1) is 12.0. The van der Waals surface area contributed by atoms with Gasteiger partial charge in [-0.25, -0.2) is 0 Å². The van der Waals surface area contributed by atoms with Crippen molar-refractivity contribution in [3.05, 3.63) is 22.7 Å². The van der Waals surface area contributed by atoms with Crippen LogP contribution in [0, 0.1) is 0 Å². The highest BCUT2D eigenvalue weighted by molar-refractivity contribution is 9.10. The molecule has 0 aliphatic rings. The maximum absolute atomic E-state index is 11.4. The Morgan fingerprint density at radius 2 is 2.27 bits per heavy atom. The largest absolute Gasteiger partial charge is 0.397 e. The summed E-state index contributed by atoms with van der Waals surface area (Å²) in [5.74, 6) is 0.0193. The van der Waals surface area contributed by atoms with Gasteiger partial charge in [-0.2, -0.15) is 0 Å². The number of nitrogens with one attached hydrogen (secondary N) is 1. The lowest BCUT2D eigenvalue weighted by Gasteiger charge is -2.07. The summed E-state index contributed by atoms with van der Waals surface area (Å²) in [7, 11) is 0. The van der Waals surface area contributed by atoms with Gasteiger partial charge in [-0.3, -0.25) is 4.79 Å². The fraction of sp³-hybridized carbons (Fsp3) is 0.364. The van der Waals surface area contributed by atoms with E-state index in [0.717, 1.165) is 17.3 Å². The monoisotopic (exact) mass is 270 g/mol. The first-order valence-electron chi connectivity index (χ1n) is 4.98. The minimum Gasteiger partial charge on any atom is -0.397 e. The number of nitrogen functional groups attached to an aromatic ring is 1. The smallest absolute Gasteiger partial charge is 0.224 e. The highest BCUT2D eigenvalue weighted by Gasteiger charge is 2.04. The number of unbranched alkanes of at least 4 members (excludes halogenated alkanes) is 1. The summed E-state index contributed by atoms with van der Waals surface area (Å²) >= 11 is 3.31. The van der Waals surface area contributed by atoms with E-state index in [1.54, 1.807) is 12.1 Å². The molecular formula is C11H15BrN2O. The van der Waals surface area contributed by atoms with E-state index in [4.69, 9.17) is 5.73 Å². The maximum Gasteiger partial charge on any atom is 0.224 e. The highest BCUT2D eigenvalue weighted by atomic mass is 79.9. The third-order valence-electron chi connectivity index (χ3n) is 2.05. The van der Waals surface area contributed by atoms with Crippen LogP contribution in [-0.2, 0) is 4.79 Å². The van der Waals surface area contributed by atoms with E-state index in [1.165, 1.54) is 0 Å². The Morgan fingerprint density at radius 1 is 1.53 bits per heavy atom. The van der Waals surface area contributed by atoms with Gasteiger partial charge < -0.3 is 11.1 Å². The van der Waals surface area contributed by atoms with Crippen molar-refractivity contribution in [2.45, 2.75) is 26.2 Å². The van der Waals surface area contributed by atoms with E-state index >= 15 is 0 Å². The van der Waals surface area contributed by atoms with E-state index in [-0.39, 0.29) is 5.91 Å². The fourth-order valence-electron chi connectivity index (χ4n) is 1.20. The van der Waals surface area contributed by atoms with Crippen LogP contribution in [0.4, 0.5) is 11.4 Å². The lowest BCUT2D eigenvalue weighted by atomic mass is 10.2. The second-order valence-corrected chi connectivity index (χ2v) is 4.30. The van der Waals surface area contributed by atoms with Crippen molar-refractivity contribution in [2.24, 2.45) is 0 Å². The zero-order valence-corrected chi connectivity index (χ0v) is 10.3. The molecule has 1 rings (SSSR count). The average Bonchev–Trinajstić information content (AvgIpc) is 2.19. The third-order valence-corrected chi connectivity index (χ3v) is 2.54. The predicted octanol–water partition coefficient (Wildman–Crippen LogP) is 3.16. The zero-order valence-electron chi connectivity index (χ0n) is 8.72. The molecule has 0 aromatic heterocycles. The Bertz CT molecular complexity index is 352. The van der Waals surface area contributed by atoms with Crippen LogP contribution in [0.3, 0.4) is 0 Å². The van der Waals surface area contributed by atoms with Crippen LogP contribution in [0.5, 0.6) is 0 Å². The van der Waals surface area contributed by atoms with Gasteiger partial charge in [0, 0.05) is 10.9 Å². The van der Waals surface area contributed by atoms with Crippen molar-refractivity contribution in [1.82, 2.24) is 0 Å². The Labute approximate surface area is 98.2 Å². The number of rotatable bonds is 4. The van der Waals surface area contributed by atoms with E-state index in [0.29, 0.717) is 17.8 Å². The SMILES string of the molecule is CCCCC(=O)Nc1ccc(Br)cc1N. The molecule has 0 spiro atoms. The average molecular weight is 271 g/mol. The van der Waals surface area contributed by atoms with Crippen molar-refractivity contribution in [3.63, 3.8) is 0 Å². The lowest BCUT2D eigenvalue weighted by molar-refractivity contribution is -0.116. The second-order valence-electron chi connectivity index (χ2n) is 3.38. The van der Waals surface area contributed by atoms with Gasteiger partial charge in [-0.1, -0.05) is 29.3 Å². The molecule has 4 heteroatoms. The Balaban J connectivity index is 2.60. The number of benzene rings is 1. The molecule has 3 nitrogen and oxygen atoms in total. The molecule has 0 fully saturated rings. The van der Waals surface area contributed by atoms with Crippen molar-refractivity contribution >= 4 is 33.2 Å². The molecule has 0 aliphatic heterocycles. The van der Waals surface area contributed by atoms with Crippen molar-refractivity contribution < 1.29 is 4.79 Å². The summed E-state index contributed by atoms with van der Waals surface area (Å²) in [6.07, 6.45) is 2.47. The summed E-state index contributed by atoms with van der Waals surface area (Å²) in [6, 6.07) is 5.42. The van der Waals surface area contributed by atoms with Gasteiger partial charge in [0.1, 0.15) is 0 Å². The van der Waals surface area contributed by atoms with E-state index < -0.39 is 0 Å². The molecule has 3 N–H and O–H groups in total. The van der Waals surface area contributed by atoms with Crippen LogP contribution in [-0.4, -0.2) is 5.91 Å². The van der Waals surface area contributed by atoms with Crippen LogP contribution >= 0.6 is 15.9 Å². The number of amides is 1. The van der Waals surface area contributed by atoms with Gasteiger partial charge in [0.05, 0.1) is 11.4 Å². The van der Waals surface area contributed by atoms with Gasteiger partial charge in [0.2, 0.25) is 5.91 Å². The van der Waals surface area contributed by atoms with Crippen molar-refractivity contribution in [1.29, 1.82) is 0 Å². The maximum atomic E-state index is 11.4. The zero-order chi connectivity index (χ0) is 11.3. The molecule has 0 aliphatic carbocycles. The number of anilines is 2. The van der Waals surface area contributed by atoms with Gasteiger partial charge >= 0.3 is 0 Å². The predicted molar refractivity (Wildman–Crippen MR) is 66.7 cm³/mol. The van der Waals surface area contributed by atoms with Gasteiger partial charge in [0.15, 0.2) is 0 Å². The number of halogens is 1. The first-order valence-corrected chi connectivity index (χ1v) is 5.77. The van der Waals surface area contributed by atoms with Crippen LogP contribution in [0.15, 0.2) is 22.7 Å². The molecule has 0 saturated heterocycles. The molecule has 1 aromatic carbocycles. The fourth-order valence-corrected chi connectivity index (χ4v) is 1.58. The van der Waals surface area contributed by atoms with Crippen LogP contribution < -0.4 is 11.1 Å².